The zero-order valence-corrected chi connectivity index (χ0v) is 13.5. The smallest absolute Gasteiger partial charge is 0.373 e. The summed E-state index contributed by atoms with van der Waals surface area (Å²) in [5, 5.41) is 0. The molecule has 0 spiro atoms. The molecular weight excluding hydrogens is 256 g/mol. The Morgan fingerprint density at radius 3 is 2.55 bits per heavy atom. The third-order valence-corrected chi connectivity index (χ3v) is 3.80. The second-order valence-electron chi connectivity index (χ2n) is 6.89. The summed E-state index contributed by atoms with van der Waals surface area (Å²) in [5.41, 5.74) is 1.07. The van der Waals surface area contributed by atoms with Crippen LogP contribution in [-0.2, 0) is 18.9 Å². The molecule has 116 valence electrons. The van der Waals surface area contributed by atoms with Crippen LogP contribution in [0.1, 0.15) is 60.3 Å². The van der Waals surface area contributed by atoms with Gasteiger partial charge in [-0.05, 0) is 45.4 Å². The number of ether oxygens (including phenoxy) is 4. The van der Waals surface area contributed by atoms with Crippen molar-refractivity contribution >= 4 is 0 Å². The van der Waals surface area contributed by atoms with Crippen LogP contribution >= 0.6 is 0 Å². The molecule has 4 nitrogen and oxygen atoms in total. The molecule has 3 aliphatic heterocycles. The summed E-state index contributed by atoms with van der Waals surface area (Å²) in [4.78, 5) is 0. The van der Waals surface area contributed by atoms with Crippen LogP contribution in [0.15, 0.2) is 11.5 Å². The maximum atomic E-state index is 5.97. The van der Waals surface area contributed by atoms with E-state index in [1.54, 1.807) is 6.92 Å². The minimum Gasteiger partial charge on any atom is -0.398 e. The normalized spacial score (nSPS) is 20.5. The summed E-state index contributed by atoms with van der Waals surface area (Å²) >= 11 is 0. The molecule has 4 heteroatoms. The Morgan fingerprint density at radius 1 is 1.30 bits per heavy atom. The van der Waals surface area contributed by atoms with E-state index in [9.17, 15) is 0 Å². The number of fused-ring (bicyclic) bond motifs is 2. The molecule has 0 unspecified atom stereocenters. The van der Waals surface area contributed by atoms with E-state index in [2.05, 4.69) is 27.7 Å². The molecular formula is C16H28O4. The maximum absolute atomic E-state index is 5.97. The molecule has 0 saturated carbocycles. The lowest BCUT2D eigenvalue weighted by molar-refractivity contribution is -0.457. The fraction of sp³-hybridized carbons (Fsp3) is 0.875. The molecule has 0 radical (unpaired) electrons. The summed E-state index contributed by atoms with van der Waals surface area (Å²) in [6.45, 7) is 12.0. The highest BCUT2D eigenvalue weighted by Crippen LogP contribution is 2.41. The highest BCUT2D eigenvalue weighted by atomic mass is 17.0. The van der Waals surface area contributed by atoms with Crippen molar-refractivity contribution in [1.29, 1.82) is 0 Å². The standard InChI is InChI=1S/C16H28O4/c1-12(2)8-10-17-15(3,4)9-6-7-13-11-18-16(5)19-14(13)20-16/h12H,6-11H2,1-5H3. The Balaban J connectivity index is 1.66. The molecule has 3 rings (SSSR count). The number of hydrogen-bond donors (Lipinski definition) is 0. The molecule has 0 aromatic heterocycles. The van der Waals surface area contributed by atoms with Crippen molar-refractivity contribution in [1.82, 2.24) is 0 Å². The summed E-state index contributed by atoms with van der Waals surface area (Å²) in [7, 11) is 0. The average Bonchev–Trinajstić information content (AvgIpc) is 2.29. The lowest BCUT2D eigenvalue weighted by Crippen LogP contribution is -2.49. The van der Waals surface area contributed by atoms with Crippen LogP contribution in [0.25, 0.3) is 0 Å². The maximum Gasteiger partial charge on any atom is 0.373 e. The molecule has 3 heterocycles. The average molecular weight is 284 g/mol. The molecule has 3 aliphatic rings. The fourth-order valence-corrected chi connectivity index (χ4v) is 2.37. The minimum atomic E-state index is -0.807. The molecule has 0 aromatic rings. The van der Waals surface area contributed by atoms with Crippen LogP contribution in [0.3, 0.4) is 0 Å². The van der Waals surface area contributed by atoms with Gasteiger partial charge in [0.1, 0.15) is 0 Å². The van der Waals surface area contributed by atoms with Crippen molar-refractivity contribution in [2.75, 3.05) is 13.2 Å². The first-order chi connectivity index (χ1) is 9.30. The highest BCUT2D eigenvalue weighted by molar-refractivity contribution is 5.11. The van der Waals surface area contributed by atoms with Crippen LogP contribution in [0.2, 0.25) is 0 Å². The molecule has 20 heavy (non-hydrogen) atoms. The lowest BCUT2D eigenvalue weighted by Gasteiger charge is -2.44. The molecule has 1 fully saturated rings. The van der Waals surface area contributed by atoms with Crippen LogP contribution in [-0.4, -0.2) is 24.8 Å². The van der Waals surface area contributed by atoms with Gasteiger partial charge in [-0.2, -0.15) is 0 Å². The van der Waals surface area contributed by atoms with Crippen molar-refractivity contribution in [2.24, 2.45) is 5.92 Å². The molecule has 0 atom stereocenters. The third-order valence-electron chi connectivity index (χ3n) is 3.80. The van der Waals surface area contributed by atoms with Gasteiger partial charge in [-0.15, -0.1) is 0 Å². The van der Waals surface area contributed by atoms with Gasteiger partial charge in [0.25, 0.3) is 5.95 Å². The van der Waals surface area contributed by atoms with Crippen molar-refractivity contribution in [2.45, 2.75) is 71.9 Å². The third kappa shape index (κ3) is 4.13. The molecule has 0 N–H and O–H groups in total. The van der Waals surface area contributed by atoms with Crippen LogP contribution < -0.4 is 0 Å². The van der Waals surface area contributed by atoms with E-state index in [-0.39, 0.29) is 5.60 Å². The van der Waals surface area contributed by atoms with Gasteiger partial charge in [-0.3, -0.25) is 0 Å². The molecule has 2 bridgehead atoms. The van der Waals surface area contributed by atoms with Gasteiger partial charge in [0.05, 0.1) is 12.2 Å². The van der Waals surface area contributed by atoms with E-state index in [1.165, 1.54) is 0 Å². The van der Waals surface area contributed by atoms with Gasteiger partial charge in [-0.25, -0.2) is 0 Å². The number of hydrogen-bond acceptors (Lipinski definition) is 4. The zero-order valence-electron chi connectivity index (χ0n) is 13.5. The van der Waals surface area contributed by atoms with Gasteiger partial charge >= 0.3 is 5.97 Å². The fourth-order valence-electron chi connectivity index (χ4n) is 2.37. The van der Waals surface area contributed by atoms with Crippen molar-refractivity contribution in [3.05, 3.63) is 11.5 Å². The predicted octanol–water partition coefficient (Wildman–Crippen LogP) is 3.96. The van der Waals surface area contributed by atoms with Gasteiger partial charge in [-0.1, -0.05) is 13.8 Å². The summed E-state index contributed by atoms with van der Waals surface area (Å²) in [5.74, 6) is 0.564. The van der Waals surface area contributed by atoms with E-state index >= 15 is 0 Å². The van der Waals surface area contributed by atoms with Crippen LogP contribution in [0.5, 0.6) is 0 Å². The summed E-state index contributed by atoms with van der Waals surface area (Å²) in [6.07, 6.45) is 4.15. The largest absolute Gasteiger partial charge is 0.398 e. The Kier molecular flexibility index (Phi) is 4.65. The van der Waals surface area contributed by atoms with Gasteiger partial charge in [0.2, 0.25) is 0 Å². The molecule has 0 aliphatic carbocycles. The molecule has 1 saturated heterocycles. The topological polar surface area (TPSA) is 36.9 Å². The van der Waals surface area contributed by atoms with Gasteiger partial charge in [0, 0.05) is 19.1 Å². The monoisotopic (exact) mass is 284 g/mol. The van der Waals surface area contributed by atoms with E-state index in [0.717, 1.165) is 37.9 Å². The van der Waals surface area contributed by atoms with Crippen molar-refractivity contribution < 1.29 is 18.9 Å². The summed E-state index contributed by atoms with van der Waals surface area (Å²) in [6, 6.07) is 0. The first-order valence-electron chi connectivity index (χ1n) is 7.68. The van der Waals surface area contributed by atoms with E-state index < -0.39 is 5.97 Å². The minimum absolute atomic E-state index is 0.0640. The summed E-state index contributed by atoms with van der Waals surface area (Å²) < 4.78 is 22.4. The van der Waals surface area contributed by atoms with Crippen LogP contribution in [0, 0.1) is 5.92 Å². The Morgan fingerprint density at radius 2 is 2.00 bits per heavy atom. The molecule has 0 amide bonds. The second kappa shape index (κ2) is 5.94. The van der Waals surface area contributed by atoms with E-state index in [0.29, 0.717) is 18.5 Å². The zero-order chi connectivity index (χ0) is 14.8. The second-order valence-corrected chi connectivity index (χ2v) is 6.89. The van der Waals surface area contributed by atoms with E-state index in [4.69, 9.17) is 18.9 Å². The quantitative estimate of drug-likeness (QED) is 0.676. The number of rotatable bonds is 8. The first kappa shape index (κ1) is 15.6. The first-order valence-corrected chi connectivity index (χ1v) is 7.68. The Labute approximate surface area is 122 Å². The van der Waals surface area contributed by atoms with E-state index in [1.807, 2.05) is 0 Å². The lowest BCUT2D eigenvalue weighted by atomic mass is 9.98. The van der Waals surface area contributed by atoms with Crippen molar-refractivity contribution in [3.63, 3.8) is 0 Å². The van der Waals surface area contributed by atoms with Crippen LogP contribution in [0.4, 0.5) is 0 Å². The molecule has 0 aromatic carbocycles. The Bertz CT molecular complexity index is 363. The van der Waals surface area contributed by atoms with Crippen molar-refractivity contribution in [3.8, 4) is 0 Å². The van der Waals surface area contributed by atoms with Gasteiger partial charge < -0.3 is 18.9 Å². The van der Waals surface area contributed by atoms with Gasteiger partial charge in [0.15, 0.2) is 0 Å². The highest BCUT2D eigenvalue weighted by Gasteiger charge is 2.48. The Hall–Kier alpha value is -0.740. The SMILES string of the molecule is CC(C)CCOC(C)(C)CCCC1=C2OC(C)(OC1)O2. The predicted molar refractivity (Wildman–Crippen MR) is 76.9 cm³/mol.